The van der Waals surface area contributed by atoms with Crippen LogP contribution in [0.1, 0.15) is 18.4 Å². The third-order valence-corrected chi connectivity index (χ3v) is 5.14. The zero-order chi connectivity index (χ0) is 21.3. The molecule has 0 aromatic heterocycles. The molecular formula is C20H19F5N2O2. The second kappa shape index (κ2) is 7.98. The lowest BCUT2D eigenvalue weighted by atomic mass is 9.99. The number of carbonyl (C=O) groups is 1. The van der Waals surface area contributed by atoms with E-state index in [1.54, 1.807) is 0 Å². The summed E-state index contributed by atoms with van der Waals surface area (Å²) in [5.74, 6) is -2.39. The Morgan fingerprint density at radius 2 is 1.93 bits per heavy atom. The van der Waals surface area contributed by atoms with Crippen LogP contribution in [0.4, 0.5) is 32.4 Å². The first-order valence-electron chi connectivity index (χ1n) is 8.96. The average Bonchev–Trinajstić information content (AvgIpc) is 3.04. The monoisotopic (exact) mass is 414 g/mol. The smallest absolute Gasteiger partial charge is 0.419 e. The molecule has 1 heterocycles. The Bertz CT molecular complexity index is 916. The van der Waals surface area contributed by atoms with Crippen molar-refractivity contribution in [1.29, 1.82) is 0 Å². The van der Waals surface area contributed by atoms with E-state index in [1.807, 2.05) is 11.9 Å². The van der Waals surface area contributed by atoms with Gasteiger partial charge in [-0.3, -0.25) is 4.90 Å². The highest BCUT2D eigenvalue weighted by molar-refractivity contribution is 5.93. The summed E-state index contributed by atoms with van der Waals surface area (Å²) in [6, 6.07) is 5.56. The van der Waals surface area contributed by atoms with Gasteiger partial charge in [0.05, 0.1) is 11.3 Å². The number of halogens is 5. The molecule has 1 amide bonds. The van der Waals surface area contributed by atoms with E-state index in [2.05, 4.69) is 0 Å². The molecule has 1 unspecified atom stereocenters. The normalized spacial score (nSPS) is 17.5. The fourth-order valence-corrected chi connectivity index (χ4v) is 3.62. The highest BCUT2D eigenvalue weighted by atomic mass is 19.4. The number of benzene rings is 2. The molecule has 1 N–H and O–H groups in total. The molecule has 0 spiro atoms. The SMILES string of the molecule is CN1CCCC1CN(C(=O)O)c1ccc(F)cc1-c1cccc(C(F)(F)F)c1F. The third-order valence-electron chi connectivity index (χ3n) is 5.14. The van der Waals surface area contributed by atoms with Gasteiger partial charge < -0.3 is 10.0 Å². The van der Waals surface area contributed by atoms with E-state index >= 15 is 0 Å². The molecule has 1 saturated heterocycles. The average molecular weight is 414 g/mol. The van der Waals surface area contributed by atoms with Crippen molar-refractivity contribution in [2.24, 2.45) is 0 Å². The fourth-order valence-electron chi connectivity index (χ4n) is 3.62. The second-order valence-corrected chi connectivity index (χ2v) is 7.00. The largest absolute Gasteiger partial charge is 0.465 e. The van der Waals surface area contributed by atoms with Gasteiger partial charge in [0.25, 0.3) is 0 Å². The summed E-state index contributed by atoms with van der Waals surface area (Å²) in [5.41, 5.74) is -2.34. The van der Waals surface area contributed by atoms with Crippen molar-refractivity contribution in [3.05, 3.63) is 53.6 Å². The van der Waals surface area contributed by atoms with E-state index in [0.29, 0.717) is 6.07 Å². The molecule has 9 heteroatoms. The van der Waals surface area contributed by atoms with Crippen LogP contribution in [-0.4, -0.2) is 42.3 Å². The number of rotatable bonds is 4. The van der Waals surface area contributed by atoms with E-state index in [9.17, 15) is 31.9 Å². The Morgan fingerprint density at radius 1 is 1.21 bits per heavy atom. The molecule has 3 rings (SSSR count). The number of alkyl halides is 3. The van der Waals surface area contributed by atoms with E-state index in [-0.39, 0.29) is 23.8 Å². The van der Waals surface area contributed by atoms with Crippen molar-refractivity contribution in [3.63, 3.8) is 0 Å². The lowest BCUT2D eigenvalue weighted by molar-refractivity contribution is -0.139. The minimum absolute atomic E-state index is 0.0328. The summed E-state index contributed by atoms with van der Waals surface area (Å²) in [6.45, 7) is 0.821. The van der Waals surface area contributed by atoms with Crippen LogP contribution in [0.5, 0.6) is 0 Å². The van der Waals surface area contributed by atoms with Gasteiger partial charge in [-0.15, -0.1) is 0 Å². The third kappa shape index (κ3) is 4.34. The van der Waals surface area contributed by atoms with E-state index < -0.39 is 35.0 Å². The Balaban J connectivity index is 2.12. The molecule has 2 aromatic rings. The highest BCUT2D eigenvalue weighted by Crippen LogP contribution is 2.39. The standard InChI is InChI=1S/C20H19F5N2O2/c1-26-9-3-4-13(26)11-27(19(28)29)17-8-7-12(21)10-15(17)14-5-2-6-16(18(14)22)20(23,24)25/h2,5-8,10,13H,3-4,9,11H2,1H3,(H,28,29). The summed E-state index contributed by atoms with van der Waals surface area (Å²) in [6.07, 6.45) is -4.67. The van der Waals surface area contributed by atoms with Crippen molar-refractivity contribution in [1.82, 2.24) is 4.90 Å². The van der Waals surface area contributed by atoms with Gasteiger partial charge in [-0.1, -0.05) is 12.1 Å². The number of likely N-dealkylation sites (N-methyl/N-ethyl adjacent to an activating group) is 1. The lowest BCUT2D eigenvalue weighted by Gasteiger charge is -2.28. The van der Waals surface area contributed by atoms with Gasteiger partial charge in [0.15, 0.2) is 0 Å². The zero-order valence-corrected chi connectivity index (χ0v) is 15.5. The molecule has 0 aliphatic carbocycles. The van der Waals surface area contributed by atoms with Crippen molar-refractivity contribution in [2.45, 2.75) is 25.1 Å². The minimum Gasteiger partial charge on any atom is -0.465 e. The quantitative estimate of drug-likeness (QED) is 0.697. The van der Waals surface area contributed by atoms with Crippen LogP contribution in [0.15, 0.2) is 36.4 Å². The lowest BCUT2D eigenvalue weighted by Crippen LogP contribution is -2.41. The molecule has 0 bridgehead atoms. The molecule has 29 heavy (non-hydrogen) atoms. The van der Waals surface area contributed by atoms with Crippen LogP contribution in [0.25, 0.3) is 11.1 Å². The first-order chi connectivity index (χ1) is 13.6. The summed E-state index contributed by atoms with van der Waals surface area (Å²) in [4.78, 5) is 14.8. The van der Waals surface area contributed by atoms with Gasteiger partial charge in [-0.05, 0) is 50.7 Å². The van der Waals surface area contributed by atoms with Crippen LogP contribution < -0.4 is 4.90 Å². The Labute approximate surface area is 164 Å². The van der Waals surface area contributed by atoms with Gasteiger partial charge in [-0.2, -0.15) is 13.2 Å². The predicted octanol–water partition coefficient (Wildman–Crippen LogP) is 5.23. The molecule has 1 fully saturated rings. The number of carboxylic acid groups (broad SMARTS) is 1. The maximum absolute atomic E-state index is 14.7. The zero-order valence-electron chi connectivity index (χ0n) is 15.5. The number of nitrogens with zero attached hydrogens (tertiary/aromatic N) is 2. The first kappa shape index (κ1) is 21.0. The first-order valence-corrected chi connectivity index (χ1v) is 8.96. The van der Waals surface area contributed by atoms with Crippen LogP contribution in [0.3, 0.4) is 0 Å². The maximum atomic E-state index is 14.7. The van der Waals surface area contributed by atoms with Crippen molar-refractivity contribution < 1.29 is 31.9 Å². The summed E-state index contributed by atoms with van der Waals surface area (Å²) in [7, 11) is 1.84. The molecule has 2 aromatic carbocycles. The number of hydrogen-bond donors (Lipinski definition) is 1. The van der Waals surface area contributed by atoms with E-state index in [4.69, 9.17) is 0 Å². The predicted molar refractivity (Wildman–Crippen MR) is 97.8 cm³/mol. The molecule has 1 atom stereocenters. The number of likely N-dealkylation sites (tertiary alicyclic amines) is 1. The molecular weight excluding hydrogens is 395 g/mol. The second-order valence-electron chi connectivity index (χ2n) is 7.00. The summed E-state index contributed by atoms with van der Waals surface area (Å²) in [5, 5.41) is 9.71. The Hall–Kier alpha value is -2.68. The Morgan fingerprint density at radius 3 is 2.52 bits per heavy atom. The molecule has 0 saturated carbocycles. The molecule has 0 radical (unpaired) electrons. The summed E-state index contributed by atoms with van der Waals surface area (Å²) < 4.78 is 67.9. The molecule has 1 aliphatic rings. The van der Waals surface area contributed by atoms with Gasteiger partial charge in [0, 0.05) is 23.7 Å². The maximum Gasteiger partial charge on any atom is 0.419 e. The Kier molecular flexibility index (Phi) is 5.79. The van der Waals surface area contributed by atoms with Gasteiger partial charge in [-0.25, -0.2) is 13.6 Å². The number of anilines is 1. The van der Waals surface area contributed by atoms with Crippen LogP contribution in [0, 0.1) is 11.6 Å². The number of hydrogen-bond acceptors (Lipinski definition) is 2. The highest BCUT2D eigenvalue weighted by Gasteiger charge is 2.36. The molecule has 4 nitrogen and oxygen atoms in total. The van der Waals surface area contributed by atoms with Crippen LogP contribution in [-0.2, 0) is 6.18 Å². The van der Waals surface area contributed by atoms with Crippen LogP contribution >= 0.6 is 0 Å². The molecule has 156 valence electrons. The van der Waals surface area contributed by atoms with Crippen LogP contribution in [0.2, 0.25) is 0 Å². The van der Waals surface area contributed by atoms with E-state index in [0.717, 1.165) is 54.6 Å². The van der Waals surface area contributed by atoms with Gasteiger partial charge in [0.2, 0.25) is 0 Å². The fraction of sp³-hybridized carbons (Fsp3) is 0.350. The van der Waals surface area contributed by atoms with Gasteiger partial charge >= 0.3 is 12.3 Å². The minimum atomic E-state index is -4.94. The summed E-state index contributed by atoms with van der Waals surface area (Å²) >= 11 is 0. The van der Waals surface area contributed by atoms with Crippen molar-refractivity contribution in [3.8, 4) is 11.1 Å². The number of amides is 1. The molecule has 1 aliphatic heterocycles. The van der Waals surface area contributed by atoms with Crippen molar-refractivity contribution >= 4 is 11.8 Å². The van der Waals surface area contributed by atoms with Gasteiger partial charge in [0.1, 0.15) is 11.6 Å². The van der Waals surface area contributed by atoms with E-state index in [1.165, 1.54) is 0 Å². The topological polar surface area (TPSA) is 43.8 Å². The van der Waals surface area contributed by atoms with Crippen molar-refractivity contribution in [2.75, 3.05) is 25.0 Å².